The summed E-state index contributed by atoms with van der Waals surface area (Å²) in [6.07, 6.45) is 0.366. The van der Waals surface area contributed by atoms with Crippen molar-refractivity contribution in [1.82, 2.24) is 24.8 Å². The Hall–Kier alpha value is -3.63. The van der Waals surface area contributed by atoms with Crippen molar-refractivity contribution in [2.24, 2.45) is 0 Å². The maximum Gasteiger partial charge on any atom is 0.451 e. The number of pyridine rings is 1. The highest BCUT2D eigenvalue weighted by atomic mass is 35.5. The first-order valence-corrected chi connectivity index (χ1v) is 10.4. The minimum absolute atomic E-state index is 0.0595. The van der Waals surface area contributed by atoms with Crippen LogP contribution in [0.5, 0.6) is 11.5 Å². The molecule has 0 aliphatic carbocycles. The first kappa shape index (κ1) is 23.5. The molecule has 4 rings (SSSR count). The van der Waals surface area contributed by atoms with E-state index in [-0.39, 0.29) is 18.2 Å². The fourth-order valence-corrected chi connectivity index (χ4v) is 3.41. The first-order valence-electron chi connectivity index (χ1n) is 9.64. The molecule has 34 heavy (non-hydrogen) atoms. The zero-order chi connectivity index (χ0) is 24.3. The summed E-state index contributed by atoms with van der Waals surface area (Å²) < 4.78 is 44.6. The Morgan fingerprint density at radius 2 is 1.71 bits per heavy atom. The van der Waals surface area contributed by atoms with Crippen molar-refractivity contribution >= 4 is 29.1 Å². The quantitative estimate of drug-likeness (QED) is 0.361. The average molecular weight is 508 g/mol. The summed E-state index contributed by atoms with van der Waals surface area (Å²) in [7, 11) is 0. The fraction of sp³-hybridized carbons (Fsp3) is 0.0909. The summed E-state index contributed by atoms with van der Waals surface area (Å²) >= 11 is 12.1. The number of amides is 1. The van der Waals surface area contributed by atoms with Gasteiger partial charge in [0, 0.05) is 18.9 Å². The molecule has 0 spiro atoms. The van der Waals surface area contributed by atoms with Gasteiger partial charge in [-0.2, -0.15) is 13.2 Å². The van der Waals surface area contributed by atoms with Crippen molar-refractivity contribution in [2.75, 3.05) is 0 Å². The van der Waals surface area contributed by atoms with Crippen LogP contribution in [0.1, 0.15) is 21.9 Å². The Bertz CT molecular complexity index is 1310. The Morgan fingerprint density at radius 1 is 1.00 bits per heavy atom. The molecule has 12 heteroatoms. The van der Waals surface area contributed by atoms with Crippen LogP contribution < -0.4 is 10.1 Å². The van der Waals surface area contributed by atoms with Crippen LogP contribution in [0.15, 0.2) is 67.3 Å². The van der Waals surface area contributed by atoms with Crippen LogP contribution in [0.4, 0.5) is 13.2 Å². The van der Waals surface area contributed by atoms with Gasteiger partial charge in [0.1, 0.15) is 11.4 Å². The molecule has 0 atom stereocenters. The molecule has 174 valence electrons. The molecular weight excluding hydrogens is 494 g/mol. The average Bonchev–Trinajstić information content (AvgIpc) is 3.28. The highest BCUT2D eigenvalue weighted by Gasteiger charge is 2.34. The third-order valence-corrected chi connectivity index (χ3v) is 4.98. The zero-order valence-corrected chi connectivity index (χ0v) is 18.6. The smallest absolute Gasteiger partial charge is 0.451 e. The van der Waals surface area contributed by atoms with Gasteiger partial charge in [0.05, 0.1) is 22.4 Å². The van der Waals surface area contributed by atoms with Gasteiger partial charge in [0.2, 0.25) is 5.82 Å². The summed E-state index contributed by atoms with van der Waals surface area (Å²) in [4.78, 5) is 23.4. The topological polar surface area (TPSA) is 81.9 Å². The van der Waals surface area contributed by atoms with E-state index in [4.69, 9.17) is 27.9 Å². The Labute approximate surface area is 201 Å². The van der Waals surface area contributed by atoms with Gasteiger partial charge in [-0.05, 0) is 35.9 Å². The van der Waals surface area contributed by atoms with Crippen molar-refractivity contribution in [3.63, 3.8) is 0 Å². The van der Waals surface area contributed by atoms with Crippen molar-refractivity contribution in [2.45, 2.75) is 12.7 Å². The molecule has 4 aromatic rings. The van der Waals surface area contributed by atoms with E-state index in [9.17, 15) is 18.0 Å². The lowest BCUT2D eigenvalue weighted by Crippen LogP contribution is -2.25. The van der Waals surface area contributed by atoms with Gasteiger partial charge in [-0.3, -0.25) is 9.36 Å². The van der Waals surface area contributed by atoms with Crippen LogP contribution in [0.2, 0.25) is 10.0 Å². The molecule has 0 aliphatic rings. The lowest BCUT2D eigenvalue weighted by molar-refractivity contribution is -0.145. The first-order chi connectivity index (χ1) is 16.2. The zero-order valence-electron chi connectivity index (χ0n) is 17.1. The number of carbonyl (C=O) groups is 1. The number of hydrogen-bond acceptors (Lipinski definition) is 5. The van der Waals surface area contributed by atoms with Gasteiger partial charge >= 0.3 is 6.18 Å². The van der Waals surface area contributed by atoms with E-state index >= 15 is 0 Å². The Kier molecular flexibility index (Phi) is 6.71. The summed E-state index contributed by atoms with van der Waals surface area (Å²) in [5, 5.41) is 3.49. The van der Waals surface area contributed by atoms with E-state index < -0.39 is 12.0 Å². The molecule has 0 aliphatic heterocycles. The Balaban J connectivity index is 1.38. The van der Waals surface area contributed by atoms with Crippen LogP contribution in [0.25, 0.3) is 5.82 Å². The standard InChI is InChI=1S/C22H14Cl2F3N5O2/c23-14-8-17(24)19(28-10-14)32-7-1-2-18(32)20(33)29-9-13-3-5-15(6-4-13)34-16-11-30-21(31-12-16)22(25,26)27/h1-8,10-12H,9H2,(H,29,33). The van der Waals surface area contributed by atoms with Gasteiger partial charge in [0.15, 0.2) is 11.6 Å². The van der Waals surface area contributed by atoms with Crippen LogP contribution in [-0.2, 0) is 12.7 Å². The molecule has 7 nitrogen and oxygen atoms in total. The maximum absolute atomic E-state index is 12.7. The Morgan fingerprint density at radius 3 is 2.35 bits per heavy atom. The highest BCUT2D eigenvalue weighted by molar-refractivity contribution is 6.35. The van der Waals surface area contributed by atoms with Crippen molar-refractivity contribution in [3.05, 3.63) is 94.4 Å². The monoisotopic (exact) mass is 507 g/mol. The van der Waals surface area contributed by atoms with Crippen LogP contribution in [0, 0.1) is 0 Å². The van der Waals surface area contributed by atoms with Gasteiger partial charge in [-0.1, -0.05) is 35.3 Å². The van der Waals surface area contributed by atoms with Crippen molar-refractivity contribution in [3.8, 4) is 17.3 Å². The number of aromatic nitrogens is 4. The van der Waals surface area contributed by atoms with E-state index in [2.05, 4.69) is 20.3 Å². The number of nitrogens with one attached hydrogen (secondary N) is 1. The number of rotatable bonds is 6. The molecule has 0 unspecified atom stereocenters. The normalized spacial score (nSPS) is 11.3. The molecule has 0 bridgehead atoms. The molecule has 3 heterocycles. The van der Waals surface area contributed by atoms with E-state index in [1.807, 2.05) is 0 Å². The van der Waals surface area contributed by atoms with Crippen LogP contribution >= 0.6 is 23.2 Å². The third kappa shape index (κ3) is 5.46. The number of nitrogens with zero attached hydrogens (tertiary/aromatic N) is 4. The maximum atomic E-state index is 12.7. The molecule has 1 aromatic carbocycles. The largest absolute Gasteiger partial charge is 0.454 e. The molecular formula is C22H14Cl2F3N5O2. The number of halogens is 5. The summed E-state index contributed by atoms with van der Waals surface area (Å²) in [6, 6.07) is 11.5. The van der Waals surface area contributed by atoms with Crippen LogP contribution in [0.3, 0.4) is 0 Å². The predicted molar refractivity (Wildman–Crippen MR) is 118 cm³/mol. The van der Waals surface area contributed by atoms with Crippen molar-refractivity contribution in [1.29, 1.82) is 0 Å². The van der Waals surface area contributed by atoms with Gasteiger partial charge < -0.3 is 10.1 Å². The fourth-order valence-electron chi connectivity index (χ4n) is 2.93. The number of alkyl halides is 3. The second-order valence-electron chi connectivity index (χ2n) is 6.89. The highest BCUT2D eigenvalue weighted by Crippen LogP contribution is 2.27. The summed E-state index contributed by atoms with van der Waals surface area (Å²) in [6.45, 7) is 0.218. The summed E-state index contributed by atoms with van der Waals surface area (Å²) in [5.41, 5.74) is 1.10. The second kappa shape index (κ2) is 9.70. The summed E-state index contributed by atoms with van der Waals surface area (Å²) in [5.74, 6) is -0.791. The lowest BCUT2D eigenvalue weighted by Gasteiger charge is -2.11. The van der Waals surface area contributed by atoms with Gasteiger partial charge in [-0.15, -0.1) is 0 Å². The third-order valence-electron chi connectivity index (χ3n) is 4.49. The van der Waals surface area contributed by atoms with E-state index in [0.717, 1.165) is 18.0 Å². The molecule has 1 amide bonds. The second-order valence-corrected chi connectivity index (χ2v) is 7.73. The molecule has 0 radical (unpaired) electrons. The number of ether oxygens (including phenoxy) is 1. The SMILES string of the molecule is O=C(NCc1ccc(Oc2cnc(C(F)(F)F)nc2)cc1)c1cccn1-c1ncc(Cl)cc1Cl. The van der Waals surface area contributed by atoms with E-state index in [0.29, 0.717) is 27.3 Å². The number of benzene rings is 1. The van der Waals surface area contributed by atoms with Crippen LogP contribution in [-0.4, -0.2) is 25.4 Å². The van der Waals surface area contributed by atoms with Gasteiger partial charge in [0.25, 0.3) is 5.91 Å². The molecule has 1 N–H and O–H groups in total. The molecule has 0 saturated heterocycles. The lowest BCUT2D eigenvalue weighted by atomic mass is 10.2. The molecule has 0 saturated carbocycles. The minimum Gasteiger partial charge on any atom is -0.454 e. The molecule has 3 aromatic heterocycles. The van der Waals surface area contributed by atoms with Gasteiger partial charge in [-0.25, -0.2) is 15.0 Å². The van der Waals surface area contributed by atoms with E-state index in [1.54, 1.807) is 47.2 Å². The predicted octanol–water partition coefficient (Wildman–Crippen LogP) is 5.71. The van der Waals surface area contributed by atoms with Crippen molar-refractivity contribution < 1.29 is 22.7 Å². The minimum atomic E-state index is -4.62. The number of hydrogen-bond donors (Lipinski definition) is 1. The number of carbonyl (C=O) groups excluding carboxylic acids is 1. The van der Waals surface area contributed by atoms with E-state index in [1.165, 1.54) is 12.3 Å². The molecule has 0 fully saturated rings.